The van der Waals surface area contributed by atoms with Crippen molar-refractivity contribution in [3.8, 4) is 6.07 Å². The third-order valence-corrected chi connectivity index (χ3v) is 4.34. The van der Waals surface area contributed by atoms with Crippen molar-refractivity contribution in [3.63, 3.8) is 0 Å². The summed E-state index contributed by atoms with van der Waals surface area (Å²) in [6, 6.07) is 5.67. The van der Waals surface area contributed by atoms with E-state index in [0.29, 0.717) is 15.6 Å². The van der Waals surface area contributed by atoms with Crippen molar-refractivity contribution >= 4 is 38.6 Å². The van der Waals surface area contributed by atoms with Crippen molar-refractivity contribution in [1.29, 1.82) is 5.26 Å². The highest BCUT2D eigenvalue weighted by Crippen LogP contribution is 2.34. The van der Waals surface area contributed by atoms with E-state index in [1.54, 1.807) is 12.1 Å². The molecule has 0 amide bonds. The fourth-order valence-corrected chi connectivity index (χ4v) is 2.96. The van der Waals surface area contributed by atoms with Gasteiger partial charge in [0.05, 0.1) is 15.1 Å². The van der Waals surface area contributed by atoms with Gasteiger partial charge in [0.15, 0.2) is 5.82 Å². The molecule has 0 aliphatic rings. The molecule has 1 heterocycles. The van der Waals surface area contributed by atoms with Gasteiger partial charge in [-0.25, -0.2) is 4.39 Å². The Kier molecular flexibility index (Phi) is 3.33. The molecule has 0 saturated heterocycles. The lowest BCUT2D eigenvalue weighted by Crippen LogP contribution is -2.08. The van der Waals surface area contributed by atoms with E-state index in [0.717, 1.165) is 16.9 Å². The van der Waals surface area contributed by atoms with Crippen LogP contribution in [0.3, 0.4) is 0 Å². The molecule has 0 aliphatic heterocycles. The Bertz CT molecular complexity index is 680. The van der Waals surface area contributed by atoms with E-state index in [1.807, 2.05) is 13.8 Å². The molecule has 5 heteroatoms. The molecule has 0 unspecified atom stereocenters. The maximum absolute atomic E-state index is 14.2. The number of halogens is 1. The quantitative estimate of drug-likeness (QED) is 0.853. The molecule has 1 aromatic heterocycles. The van der Waals surface area contributed by atoms with E-state index in [9.17, 15) is 4.39 Å². The van der Waals surface area contributed by atoms with Crippen LogP contribution in [0.4, 0.5) is 4.39 Å². The van der Waals surface area contributed by atoms with Crippen molar-refractivity contribution in [3.05, 3.63) is 34.0 Å². The van der Waals surface area contributed by atoms with Crippen molar-refractivity contribution in [2.24, 2.45) is 5.73 Å². The fourth-order valence-electron chi connectivity index (χ4n) is 1.77. The predicted molar refractivity (Wildman–Crippen MR) is 76.5 cm³/mol. The Balaban J connectivity index is 2.86. The minimum absolute atomic E-state index is 0.0312. The van der Waals surface area contributed by atoms with E-state index in [4.69, 9.17) is 23.2 Å². The molecule has 0 spiro atoms. The van der Waals surface area contributed by atoms with Gasteiger partial charge in [0.1, 0.15) is 11.1 Å². The zero-order chi connectivity index (χ0) is 13.4. The number of nitrogens with two attached hydrogens (primary N) is 1. The van der Waals surface area contributed by atoms with E-state index in [-0.39, 0.29) is 15.8 Å². The maximum atomic E-state index is 14.2. The van der Waals surface area contributed by atoms with E-state index < -0.39 is 5.82 Å². The number of thiophene rings is 1. The lowest BCUT2D eigenvalue weighted by Gasteiger charge is -2.06. The Morgan fingerprint density at radius 2 is 2.17 bits per heavy atom. The minimum atomic E-state index is -0.415. The molecule has 0 aliphatic carbocycles. The molecular formula is C13H11FN2S2. The van der Waals surface area contributed by atoms with Crippen LogP contribution in [0.15, 0.2) is 12.1 Å². The summed E-state index contributed by atoms with van der Waals surface area (Å²) >= 11 is 5.96. The van der Waals surface area contributed by atoms with Crippen LogP contribution in [0.2, 0.25) is 0 Å². The van der Waals surface area contributed by atoms with Crippen LogP contribution in [0.25, 0.3) is 10.1 Å². The highest BCUT2D eigenvalue weighted by atomic mass is 32.1. The first-order valence-corrected chi connectivity index (χ1v) is 6.64. The predicted octanol–water partition coefficient (Wildman–Crippen LogP) is 3.67. The average Bonchev–Trinajstić information content (AvgIpc) is 2.66. The normalized spacial score (nSPS) is 10.8. The summed E-state index contributed by atoms with van der Waals surface area (Å²) in [5.74, 6) is -0.185. The van der Waals surface area contributed by atoms with E-state index >= 15 is 0 Å². The van der Waals surface area contributed by atoms with Gasteiger partial charge < -0.3 is 5.73 Å². The summed E-state index contributed by atoms with van der Waals surface area (Å²) in [5.41, 5.74) is 6.90. The van der Waals surface area contributed by atoms with Crippen molar-refractivity contribution < 1.29 is 4.39 Å². The molecule has 0 saturated carbocycles. The van der Waals surface area contributed by atoms with Gasteiger partial charge in [-0.2, -0.15) is 5.26 Å². The number of hydrogen-bond acceptors (Lipinski definition) is 3. The number of benzene rings is 1. The third kappa shape index (κ3) is 1.98. The molecule has 0 fully saturated rings. The lowest BCUT2D eigenvalue weighted by atomic mass is 9.99. The SMILES string of the molecule is CC(C)c1cc(C#N)c2sc(C(N)=S)c(F)c2c1. The first-order valence-electron chi connectivity index (χ1n) is 5.41. The first-order chi connectivity index (χ1) is 8.45. The summed E-state index contributed by atoms with van der Waals surface area (Å²) in [5, 5.41) is 9.59. The molecule has 92 valence electrons. The third-order valence-electron chi connectivity index (χ3n) is 2.76. The van der Waals surface area contributed by atoms with E-state index in [1.165, 1.54) is 0 Å². The number of nitrogens with zero attached hydrogens (tertiary/aromatic N) is 1. The van der Waals surface area contributed by atoms with Crippen molar-refractivity contribution in [1.82, 2.24) is 0 Å². The van der Waals surface area contributed by atoms with Crippen LogP contribution in [-0.2, 0) is 0 Å². The number of rotatable bonds is 2. The van der Waals surface area contributed by atoms with Gasteiger partial charge in [-0.3, -0.25) is 0 Å². The van der Waals surface area contributed by atoms with Crippen LogP contribution in [0.5, 0.6) is 0 Å². The Morgan fingerprint density at radius 3 is 2.67 bits per heavy atom. The molecule has 1 aromatic carbocycles. The van der Waals surface area contributed by atoms with Crippen LogP contribution >= 0.6 is 23.6 Å². The highest BCUT2D eigenvalue weighted by molar-refractivity contribution is 7.81. The van der Waals surface area contributed by atoms with Crippen LogP contribution in [0, 0.1) is 17.1 Å². The smallest absolute Gasteiger partial charge is 0.152 e. The van der Waals surface area contributed by atoms with Crippen LogP contribution < -0.4 is 5.73 Å². The van der Waals surface area contributed by atoms with E-state index in [2.05, 4.69) is 6.07 Å². The summed E-state index contributed by atoms with van der Waals surface area (Å²) in [6.07, 6.45) is 0. The zero-order valence-corrected chi connectivity index (χ0v) is 11.6. The Hall–Kier alpha value is -1.51. The monoisotopic (exact) mass is 278 g/mol. The van der Waals surface area contributed by atoms with Crippen molar-refractivity contribution in [2.75, 3.05) is 0 Å². The largest absolute Gasteiger partial charge is 0.389 e. The summed E-state index contributed by atoms with van der Waals surface area (Å²) < 4.78 is 14.8. The summed E-state index contributed by atoms with van der Waals surface area (Å²) in [4.78, 5) is 0.279. The second kappa shape index (κ2) is 4.63. The summed E-state index contributed by atoms with van der Waals surface area (Å²) in [7, 11) is 0. The highest BCUT2D eigenvalue weighted by Gasteiger charge is 2.18. The zero-order valence-electron chi connectivity index (χ0n) is 9.95. The van der Waals surface area contributed by atoms with Gasteiger partial charge in [0, 0.05) is 5.39 Å². The Labute approximate surface area is 114 Å². The lowest BCUT2D eigenvalue weighted by molar-refractivity contribution is 0.642. The summed E-state index contributed by atoms with van der Waals surface area (Å²) in [6.45, 7) is 4.00. The molecule has 0 radical (unpaired) electrons. The molecule has 2 rings (SSSR count). The van der Waals surface area contributed by atoms with Gasteiger partial charge >= 0.3 is 0 Å². The second-order valence-electron chi connectivity index (χ2n) is 4.32. The van der Waals surface area contributed by atoms with Crippen LogP contribution in [-0.4, -0.2) is 4.99 Å². The number of fused-ring (bicyclic) bond motifs is 1. The van der Waals surface area contributed by atoms with Crippen LogP contribution in [0.1, 0.15) is 35.8 Å². The number of hydrogen-bond donors (Lipinski definition) is 1. The standard InChI is InChI=1S/C13H11FN2S2/c1-6(2)7-3-8(5-15)11-9(4-7)10(14)12(18-11)13(16)17/h3-4,6H,1-2H3,(H2,16,17). The molecular weight excluding hydrogens is 267 g/mol. The maximum Gasteiger partial charge on any atom is 0.152 e. The Morgan fingerprint density at radius 1 is 1.50 bits per heavy atom. The fraction of sp³-hybridized carbons (Fsp3) is 0.231. The first kappa shape index (κ1) is 12.9. The van der Waals surface area contributed by atoms with Gasteiger partial charge in [-0.05, 0) is 23.6 Å². The van der Waals surface area contributed by atoms with Gasteiger partial charge in [0.2, 0.25) is 0 Å². The molecule has 18 heavy (non-hydrogen) atoms. The van der Waals surface area contributed by atoms with Crippen molar-refractivity contribution in [2.45, 2.75) is 19.8 Å². The van der Waals surface area contributed by atoms with Gasteiger partial charge in [-0.15, -0.1) is 11.3 Å². The topological polar surface area (TPSA) is 49.8 Å². The van der Waals surface area contributed by atoms with Gasteiger partial charge in [0.25, 0.3) is 0 Å². The molecule has 0 bridgehead atoms. The molecule has 2 N–H and O–H groups in total. The molecule has 2 nitrogen and oxygen atoms in total. The molecule has 2 aromatic rings. The molecule has 0 atom stereocenters. The number of thiocarbonyl (C=S) groups is 1. The second-order valence-corrected chi connectivity index (χ2v) is 5.78. The van der Waals surface area contributed by atoms with Gasteiger partial charge in [-0.1, -0.05) is 26.1 Å². The average molecular weight is 278 g/mol. The number of nitriles is 1. The minimum Gasteiger partial charge on any atom is -0.389 e.